The average molecular weight is 233 g/mol. The lowest BCUT2D eigenvalue weighted by Crippen LogP contribution is -2.48. The second-order valence-corrected chi connectivity index (χ2v) is 5.10. The van der Waals surface area contributed by atoms with Crippen LogP contribution in [0.1, 0.15) is 31.2 Å². The number of nitrogens with zero attached hydrogens (tertiary/aromatic N) is 2. The highest BCUT2D eigenvalue weighted by atomic mass is 15.1. The van der Waals surface area contributed by atoms with Crippen LogP contribution in [0.5, 0.6) is 0 Å². The molecular formula is C14H23N3. The summed E-state index contributed by atoms with van der Waals surface area (Å²) in [7, 11) is 2.21. The van der Waals surface area contributed by atoms with Crippen LogP contribution in [0.15, 0.2) is 24.5 Å². The molecule has 0 amide bonds. The second-order valence-electron chi connectivity index (χ2n) is 5.10. The molecule has 1 aromatic rings. The summed E-state index contributed by atoms with van der Waals surface area (Å²) >= 11 is 0. The molecule has 1 fully saturated rings. The molecule has 3 heteroatoms. The van der Waals surface area contributed by atoms with E-state index in [1.807, 2.05) is 12.4 Å². The summed E-state index contributed by atoms with van der Waals surface area (Å²) in [6, 6.07) is 5.13. The van der Waals surface area contributed by atoms with Gasteiger partial charge in [0.2, 0.25) is 0 Å². The van der Waals surface area contributed by atoms with E-state index in [0.29, 0.717) is 12.1 Å². The van der Waals surface area contributed by atoms with Gasteiger partial charge in [0.15, 0.2) is 0 Å². The number of likely N-dealkylation sites (N-methyl/N-ethyl adjacent to an activating group) is 1. The predicted octanol–water partition coefficient (Wildman–Crippen LogP) is 1.83. The molecule has 1 aromatic heterocycles. The molecule has 2 N–H and O–H groups in total. The van der Waals surface area contributed by atoms with Crippen molar-refractivity contribution in [2.45, 2.75) is 44.2 Å². The van der Waals surface area contributed by atoms with Crippen molar-refractivity contribution >= 4 is 0 Å². The molecule has 94 valence electrons. The summed E-state index contributed by atoms with van der Waals surface area (Å²) in [5.74, 6) is 0. The molecule has 0 aliphatic heterocycles. The Morgan fingerprint density at radius 2 is 2.00 bits per heavy atom. The molecular weight excluding hydrogens is 210 g/mol. The van der Waals surface area contributed by atoms with Gasteiger partial charge < -0.3 is 10.6 Å². The van der Waals surface area contributed by atoms with Gasteiger partial charge in [-0.15, -0.1) is 0 Å². The molecule has 0 radical (unpaired) electrons. The van der Waals surface area contributed by atoms with E-state index in [-0.39, 0.29) is 0 Å². The monoisotopic (exact) mass is 233 g/mol. The van der Waals surface area contributed by atoms with Gasteiger partial charge in [0.05, 0.1) is 0 Å². The van der Waals surface area contributed by atoms with Gasteiger partial charge in [-0.3, -0.25) is 4.98 Å². The van der Waals surface area contributed by atoms with Crippen molar-refractivity contribution in [3.8, 4) is 0 Å². The van der Waals surface area contributed by atoms with Gasteiger partial charge in [0, 0.05) is 31.0 Å². The molecule has 1 aliphatic rings. The highest BCUT2D eigenvalue weighted by Crippen LogP contribution is 2.21. The van der Waals surface area contributed by atoms with Gasteiger partial charge in [0.1, 0.15) is 0 Å². The molecule has 0 saturated heterocycles. The first-order chi connectivity index (χ1) is 8.27. The standard InChI is InChI=1S/C14H23N3/c1-17(14-5-3-2-4-13(14)15)11-8-12-6-9-16-10-7-12/h6-7,9-10,13-14H,2-5,8,11,15H2,1H3. The van der Waals surface area contributed by atoms with Gasteiger partial charge in [-0.05, 0) is 44.0 Å². The molecule has 0 bridgehead atoms. The third-order valence-electron chi connectivity index (χ3n) is 3.85. The van der Waals surface area contributed by atoms with E-state index in [9.17, 15) is 0 Å². The Labute approximate surface area is 104 Å². The average Bonchev–Trinajstić information content (AvgIpc) is 2.38. The third kappa shape index (κ3) is 3.51. The molecule has 2 unspecified atom stereocenters. The van der Waals surface area contributed by atoms with Crippen LogP contribution in [0.4, 0.5) is 0 Å². The number of rotatable bonds is 4. The van der Waals surface area contributed by atoms with Crippen molar-refractivity contribution < 1.29 is 0 Å². The first kappa shape index (κ1) is 12.5. The minimum absolute atomic E-state index is 0.367. The van der Waals surface area contributed by atoms with Crippen molar-refractivity contribution in [1.82, 2.24) is 9.88 Å². The van der Waals surface area contributed by atoms with E-state index in [0.717, 1.165) is 13.0 Å². The normalized spacial score (nSPS) is 25.1. The van der Waals surface area contributed by atoms with Crippen molar-refractivity contribution in [3.05, 3.63) is 30.1 Å². The zero-order chi connectivity index (χ0) is 12.1. The quantitative estimate of drug-likeness (QED) is 0.862. The zero-order valence-electron chi connectivity index (χ0n) is 10.7. The summed E-state index contributed by atoms with van der Waals surface area (Å²) in [6.45, 7) is 1.09. The van der Waals surface area contributed by atoms with E-state index in [1.165, 1.54) is 31.2 Å². The number of pyridine rings is 1. The summed E-state index contributed by atoms with van der Waals surface area (Å²) in [4.78, 5) is 6.48. The van der Waals surface area contributed by atoms with E-state index >= 15 is 0 Å². The lowest BCUT2D eigenvalue weighted by Gasteiger charge is -2.36. The molecule has 2 rings (SSSR count). The number of aromatic nitrogens is 1. The minimum Gasteiger partial charge on any atom is -0.326 e. The SMILES string of the molecule is CN(CCc1ccncc1)C1CCCCC1N. The van der Waals surface area contributed by atoms with Crippen molar-refractivity contribution in [2.75, 3.05) is 13.6 Å². The van der Waals surface area contributed by atoms with Crippen molar-refractivity contribution in [2.24, 2.45) is 5.73 Å². The van der Waals surface area contributed by atoms with E-state index in [1.54, 1.807) is 0 Å². The predicted molar refractivity (Wildman–Crippen MR) is 70.8 cm³/mol. The van der Waals surface area contributed by atoms with Crippen LogP contribution in [-0.4, -0.2) is 35.6 Å². The fourth-order valence-corrected chi connectivity index (χ4v) is 2.71. The van der Waals surface area contributed by atoms with E-state index < -0.39 is 0 Å². The van der Waals surface area contributed by atoms with Gasteiger partial charge in [-0.1, -0.05) is 12.8 Å². The number of nitrogens with two attached hydrogens (primary N) is 1. The van der Waals surface area contributed by atoms with Gasteiger partial charge in [-0.2, -0.15) is 0 Å². The maximum Gasteiger partial charge on any atom is 0.0270 e. The third-order valence-corrected chi connectivity index (χ3v) is 3.85. The summed E-state index contributed by atoms with van der Waals surface area (Å²) in [6.07, 6.45) is 9.89. The maximum absolute atomic E-state index is 6.20. The van der Waals surface area contributed by atoms with Crippen LogP contribution >= 0.6 is 0 Å². The molecule has 2 atom stereocenters. The fraction of sp³-hybridized carbons (Fsp3) is 0.643. The van der Waals surface area contributed by atoms with Crippen LogP contribution < -0.4 is 5.73 Å². The van der Waals surface area contributed by atoms with Crippen LogP contribution in [-0.2, 0) is 6.42 Å². The highest BCUT2D eigenvalue weighted by molar-refractivity contribution is 5.10. The Balaban J connectivity index is 1.82. The molecule has 17 heavy (non-hydrogen) atoms. The van der Waals surface area contributed by atoms with Crippen molar-refractivity contribution in [3.63, 3.8) is 0 Å². The largest absolute Gasteiger partial charge is 0.326 e. The Morgan fingerprint density at radius 3 is 2.71 bits per heavy atom. The molecule has 1 saturated carbocycles. The molecule has 3 nitrogen and oxygen atoms in total. The van der Waals surface area contributed by atoms with Gasteiger partial charge >= 0.3 is 0 Å². The van der Waals surface area contributed by atoms with E-state index in [2.05, 4.69) is 29.1 Å². The van der Waals surface area contributed by atoms with E-state index in [4.69, 9.17) is 5.73 Å². The van der Waals surface area contributed by atoms with Gasteiger partial charge in [-0.25, -0.2) is 0 Å². The first-order valence-corrected chi connectivity index (χ1v) is 6.62. The Hall–Kier alpha value is -0.930. The lowest BCUT2D eigenvalue weighted by molar-refractivity contribution is 0.171. The minimum atomic E-state index is 0.367. The Morgan fingerprint density at radius 1 is 1.29 bits per heavy atom. The smallest absolute Gasteiger partial charge is 0.0270 e. The van der Waals surface area contributed by atoms with Crippen LogP contribution in [0.25, 0.3) is 0 Å². The molecule has 0 spiro atoms. The van der Waals surface area contributed by atoms with Crippen molar-refractivity contribution in [1.29, 1.82) is 0 Å². The number of hydrogen-bond acceptors (Lipinski definition) is 3. The summed E-state index contributed by atoms with van der Waals surface area (Å²) < 4.78 is 0. The highest BCUT2D eigenvalue weighted by Gasteiger charge is 2.24. The maximum atomic E-state index is 6.20. The Bertz CT molecular complexity index is 325. The molecule has 1 aliphatic carbocycles. The lowest BCUT2D eigenvalue weighted by atomic mass is 9.90. The molecule has 0 aromatic carbocycles. The van der Waals surface area contributed by atoms with Gasteiger partial charge in [0.25, 0.3) is 0 Å². The van der Waals surface area contributed by atoms with Crippen LogP contribution in [0.3, 0.4) is 0 Å². The summed E-state index contributed by atoms with van der Waals surface area (Å²) in [5, 5.41) is 0. The van der Waals surface area contributed by atoms with Crippen LogP contribution in [0.2, 0.25) is 0 Å². The summed E-state index contributed by atoms with van der Waals surface area (Å²) in [5.41, 5.74) is 7.55. The topological polar surface area (TPSA) is 42.2 Å². The second kappa shape index (κ2) is 6.12. The zero-order valence-corrected chi connectivity index (χ0v) is 10.7. The number of hydrogen-bond donors (Lipinski definition) is 1. The van der Waals surface area contributed by atoms with Crippen LogP contribution in [0, 0.1) is 0 Å². The first-order valence-electron chi connectivity index (χ1n) is 6.62. The molecule has 1 heterocycles. The Kier molecular flexibility index (Phi) is 4.51. The fourth-order valence-electron chi connectivity index (χ4n) is 2.71.